The fourth-order valence-electron chi connectivity index (χ4n) is 1.83. The van der Waals surface area contributed by atoms with Crippen LogP contribution >= 0.6 is 0 Å². The molecule has 0 saturated carbocycles. The number of benzene rings is 1. The van der Waals surface area contributed by atoms with Crippen molar-refractivity contribution in [1.82, 2.24) is 0 Å². The summed E-state index contributed by atoms with van der Waals surface area (Å²) in [6, 6.07) is 3.13. The maximum absolute atomic E-state index is 14.1. The summed E-state index contributed by atoms with van der Waals surface area (Å²) in [6.07, 6.45) is 0.632. The van der Waals surface area contributed by atoms with E-state index in [1.807, 2.05) is 20.8 Å². The summed E-state index contributed by atoms with van der Waals surface area (Å²) >= 11 is 0. The Balaban J connectivity index is 3.10. The summed E-state index contributed by atoms with van der Waals surface area (Å²) in [6.45, 7) is 8.50. The van der Waals surface area contributed by atoms with Gasteiger partial charge in [0.2, 0.25) is 0 Å². The molecule has 1 unspecified atom stereocenters. The smallest absolute Gasteiger partial charge is 0.164 e. The number of hydrogen-bond donors (Lipinski definition) is 0. The van der Waals surface area contributed by atoms with Crippen molar-refractivity contribution in [3.63, 3.8) is 0 Å². The number of halogens is 1. The summed E-state index contributed by atoms with van der Waals surface area (Å²) < 4.78 is 25.0. The van der Waals surface area contributed by atoms with Crippen molar-refractivity contribution in [2.24, 2.45) is 0 Å². The Kier molecular flexibility index (Phi) is 6.21. The molecule has 19 heavy (non-hydrogen) atoms. The van der Waals surface area contributed by atoms with E-state index in [4.69, 9.17) is 9.47 Å². The zero-order valence-corrected chi connectivity index (χ0v) is 12.0. The van der Waals surface area contributed by atoms with Crippen LogP contribution in [0.1, 0.15) is 45.6 Å². The van der Waals surface area contributed by atoms with Crippen molar-refractivity contribution in [2.45, 2.75) is 40.0 Å². The van der Waals surface area contributed by atoms with Crippen LogP contribution in [0.5, 0.6) is 11.5 Å². The summed E-state index contributed by atoms with van der Waals surface area (Å²) in [4.78, 5) is 0. The van der Waals surface area contributed by atoms with E-state index in [1.165, 1.54) is 6.07 Å². The van der Waals surface area contributed by atoms with Crippen LogP contribution in [0, 0.1) is 17.7 Å². The molecule has 0 aromatic heterocycles. The van der Waals surface area contributed by atoms with E-state index in [0.717, 1.165) is 0 Å². The second-order valence-electron chi connectivity index (χ2n) is 4.22. The minimum absolute atomic E-state index is 0.0299. The largest absolute Gasteiger partial charge is 0.490 e. The van der Waals surface area contributed by atoms with Crippen LogP contribution in [0.15, 0.2) is 12.1 Å². The second kappa shape index (κ2) is 7.68. The molecule has 1 aromatic carbocycles. The Morgan fingerprint density at radius 1 is 1.16 bits per heavy atom. The predicted molar refractivity (Wildman–Crippen MR) is 75.2 cm³/mol. The van der Waals surface area contributed by atoms with Crippen molar-refractivity contribution < 1.29 is 13.9 Å². The van der Waals surface area contributed by atoms with E-state index in [1.54, 1.807) is 13.0 Å². The molecule has 0 aliphatic carbocycles. The van der Waals surface area contributed by atoms with Gasteiger partial charge >= 0.3 is 0 Å². The average Bonchev–Trinajstić information content (AvgIpc) is 2.39. The predicted octanol–water partition coefficient (Wildman–Crippen LogP) is 4.14. The molecule has 0 fully saturated rings. The topological polar surface area (TPSA) is 18.5 Å². The Labute approximate surface area is 114 Å². The third-order valence-corrected chi connectivity index (χ3v) is 2.78. The number of hydrogen-bond acceptors (Lipinski definition) is 2. The number of rotatable bonds is 6. The van der Waals surface area contributed by atoms with Gasteiger partial charge in [0.1, 0.15) is 5.82 Å². The Hall–Kier alpha value is -1.69. The van der Waals surface area contributed by atoms with Gasteiger partial charge in [-0.3, -0.25) is 0 Å². The van der Waals surface area contributed by atoms with Crippen molar-refractivity contribution in [2.75, 3.05) is 13.2 Å². The molecule has 0 aliphatic heterocycles. The average molecular weight is 264 g/mol. The third kappa shape index (κ3) is 4.17. The van der Waals surface area contributed by atoms with Crippen molar-refractivity contribution in [3.05, 3.63) is 23.5 Å². The quantitative estimate of drug-likeness (QED) is 0.719. The van der Waals surface area contributed by atoms with Gasteiger partial charge in [0.25, 0.3) is 0 Å². The van der Waals surface area contributed by atoms with Crippen LogP contribution < -0.4 is 9.47 Å². The van der Waals surface area contributed by atoms with Crippen LogP contribution in [0.2, 0.25) is 0 Å². The molecule has 3 heteroatoms. The maximum atomic E-state index is 14.1. The molecule has 0 aliphatic rings. The van der Waals surface area contributed by atoms with Gasteiger partial charge in [-0.25, -0.2) is 4.39 Å². The van der Waals surface area contributed by atoms with E-state index in [0.29, 0.717) is 36.7 Å². The normalized spacial score (nSPS) is 11.4. The van der Waals surface area contributed by atoms with Gasteiger partial charge in [-0.1, -0.05) is 6.92 Å². The highest BCUT2D eigenvalue weighted by Crippen LogP contribution is 2.34. The zero-order valence-electron chi connectivity index (χ0n) is 12.0. The van der Waals surface area contributed by atoms with Gasteiger partial charge in [-0.2, -0.15) is 0 Å². The van der Waals surface area contributed by atoms with Crippen LogP contribution in [0.3, 0.4) is 0 Å². The first kappa shape index (κ1) is 15.4. The van der Waals surface area contributed by atoms with Gasteiger partial charge in [0, 0.05) is 12.5 Å². The highest BCUT2D eigenvalue weighted by molar-refractivity contribution is 5.45. The minimum Gasteiger partial charge on any atom is -0.490 e. The molecule has 1 aromatic rings. The molecule has 2 nitrogen and oxygen atoms in total. The number of ether oxygens (including phenoxy) is 2. The zero-order chi connectivity index (χ0) is 14.3. The van der Waals surface area contributed by atoms with Crippen LogP contribution in [0.4, 0.5) is 4.39 Å². The Bertz CT molecular complexity index is 472. The van der Waals surface area contributed by atoms with E-state index in [-0.39, 0.29) is 11.7 Å². The Morgan fingerprint density at radius 3 is 2.26 bits per heavy atom. The van der Waals surface area contributed by atoms with E-state index >= 15 is 0 Å². The first-order chi connectivity index (χ1) is 9.13. The van der Waals surface area contributed by atoms with E-state index < -0.39 is 0 Å². The molecule has 104 valence electrons. The fourth-order valence-corrected chi connectivity index (χ4v) is 1.83. The lowest BCUT2D eigenvalue weighted by atomic mass is 9.97. The molecule has 0 N–H and O–H groups in total. The molecular formula is C16H21FO2. The van der Waals surface area contributed by atoms with Crippen molar-refractivity contribution in [1.29, 1.82) is 0 Å². The lowest BCUT2D eigenvalue weighted by Crippen LogP contribution is -2.03. The first-order valence-electron chi connectivity index (χ1n) is 6.62. The summed E-state index contributed by atoms with van der Waals surface area (Å²) in [5, 5.41) is 0. The highest BCUT2D eigenvalue weighted by atomic mass is 19.1. The van der Waals surface area contributed by atoms with Gasteiger partial charge in [-0.05, 0) is 38.3 Å². The molecule has 0 bridgehead atoms. The monoisotopic (exact) mass is 264 g/mol. The molecule has 0 radical (unpaired) electrons. The summed E-state index contributed by atoms with van der Waals surface area (Å²) in [5.41, 5.74) is 0.620. The van der Waals surface area contributed by atoms with Gasteiger partial charge in [0.15, 0.2) is 11.5 Å². The summed E-state index contributed by atoms with van der Waals surface area (Å²) in [5.74, 6) is 6.62. The van der Waals surface area contributed by atoms with Gasteiger partial charge in [-0.15, -0.1) is 11.8 Å². The molecule has 1 rings (SSSR count). The van der Waals surface area contributed by atoms with Crippen LogP contribution in [0.25, 0.3) is 0 Å². The minimum atomic E-state index is -0.266. The first-order valence-corrected chi connectivity index (χ1v) is 6.62. The lowest BCUT2D eigenvalue weighted by molar-refractivity contribution is 0.285. The maximum Gasteiger partial charge on any atom is 0.164 e. The highest BCUT2D eigenvalue weighted by Gasteiger charge is 2.16. The van der Waals surface area contributed by atoms with Crippen molar-refractivity contribution in [3.8, 4) is 23.3 Å². The van der Waals surface area contributed by atoms with E-state index in [9.17, 15) is 4.39 Å². The fraction of sp³-hybridized carbons (Fsp3) is 0.500. The van der Waals surface area contributed by atoms with E-state index in [2.05, 4.69) is 11.8 Å². The van der Waals surface area contributed by atoms with Gasteiger partial charge < -0.3 is 9.47 Å². The molecule has 0 heterocycles. The molecule has 0 amide bonds. The SMILES string of the molecule is CC#CCC(C)c1cc(OCC)c(OCC)cc1F. The molecule has 1 atom stereocenters. The molecule has 0 saturated heterocycles. The van der Waals surface area contributed by atoms with Gasteiger partial charge in [0.05, 0.1) is 13.2 Å². The third-order valence-electron chi connectivity index (χ3n) is 2.78. The molecular weight excluding hydrogens is 243 g/mol. The summed E-state index contributed by atoms with van der Waals surface area (Å²) in [7, 11) is 0. The standard InChI is InChI=1S/C16H21FO2/c1-5-8-9-12(4)13-10-15(18-6-2)16(19-7-3)11-14(13)17/h10-12H,6-7,9H2,1-4H3. The van der Waals surface area contributed by atoms with Crippen molar-refractivity contribution >= 4 is 0 Å². The lowest BCUT2D eigenvalue weighted by Gasteiger charge is -2.16. The van der Waals surface area contributed by atoms with Crippen LogP contribution in [-0.4, -0.2) is 13.2 Å². The second-order valence-corrected chi connectivity index (χ2v) is 4.22. The molecule has 0 spiro atoms. The Morgan fingerprint density at radius 2 is 1.74 bits per heavy atom. The van der Waals surface area contributed by atoms with Crippen LogP contribution in [-0.2, 0) is 0 Å².